The van der Waals surface area contributed by atoms with Crippen LogP contribution in [0.25, 0.3) is 0 Å². The molecule has 0 unspecified atom stereocenters. The third-order valence-corrected chi connectivity index (χ3v) is 6.26. The Balaban J connectivity index is 1.41. The van der Waals surface area contributed by atoms with E-state index in [-0.39, 0.29) is 17.6 Å². The molecule has 8 heteroatoms. The maximum atomic E-state index is 12.6. The van der Waals surface area contributed by atoms with Crippen LogP contribution in [0, 0.1) is 0 Å². The van der Waals surface area contributed by atoms with Gasteiger partial charge in [0.2, 0.25) is 11.8 Å². The summed E-state index contributed by atoms with van der Waals surface area (Å²) in [4.78, 5) is 28.9. The molecule has 0 aliphatic carbocycles. The Morgan fingerprint density at radius 1 is 1.07 bits per heavy atom. The van der Waals surface area contributed by atoms with Crippen LogP contribution >= 0.6 is 27.7 Å². The second-order valence-electron chi connectivity index (χ2n) is 6.97. The molecule has 2 amide bonds. The van der Waals surface area contributed by atoms with E-state index in [2.05, 4.69) is 38.3 Å². The van der Waals surface area contributed by atoms with Crippen LogP contribution in [0.4, 0.5) is 11.4 Å². The van der Waals surface area contributed by atoms with Gasteiger partial charge in [0.15, 0.2) is 0 Å². The van der Waals surface area contributed by atoms with Gasteiger partial charge in [0.25, 0.3) is 0 Å². The van der Waals surface area contributed by atoms with Crippen molar-refractivity contribution in [2.45, 2.75) is 6.42 Å². The zero-order valence-electron chi connectivity index (χ0n) is 17.0. The lowest BCUT2D eigenvalue weighted by Gasteiger charge is -2.24. The van der Waals surface area contributed by atoms with E-state index >= 15 is 0 Å². The first-order valence-corrected chi connectivity index (χ1v) is 11.8. The van der Waals surface area contributed by atoms with Crippen LogP contribution in [-0.4, -0.2) is 61.5 Å². The van der Waals surface area contributed by atoms with Crippen LogP contribution in [0.3, 0.4) is 0 Å². The Labute approximate surface area is 190 Å². The van der Waals surface area contributed by atoms with Crippen LogP contribution < -0.4 is 15.0 Å². The van der Waals surface area contributed by atoms with Crippen molar-refractivity contribution in [3.05, 3.63) is 53.0 Å². The molecule has 1 saturated heterocycles. The van der Waals surface area contributed by atoms with Crippen molar-refractivity contribution in [3.8, 4) is 5.75 Å². The first-order chi connectivity index (χ1) is 14.5. The van der Waals surface area contributed by atoms with Crippen molar-refractivity contribution in [2.75, 3.05) is 55.0 Å². The maximum Gasteiger partial charge on any atom is 0.234 e. The van der Waals surface area contributed by atoms with E-state index in [1.807, 2.05) is 41.3 Å². The molecule has 1 aliphatic heterocycles. The second kappa shape index (κ2) is 11.3. The highest BCUT2D eigenvalue weighted by atomic mass is 79.9. The fraction of sp³-hybridized carbons (Fsp3) is 0.364. The molecule has 1 heterocycles. The SMILES string of the molecule is COc1ccc(N2CCCN(C(=O)CSCC(=O)Nc3cccc(Br)c3)CC2)cc1. The fourth-order valence-electron chi connectivity index (χ4n) is 3.30. The number of benzene rings is 2. The molecule has 160 valence electrons. The lowest BCUT2D eigenvalue weighted by Crippen LogP contribution is -2.36. The number of ether oxygens (including phenoxy) is 1. The van der Waals surface area contributed by atoms with Crippen molar-refractivity contribution in [1.82, 2.24) is 4.90 Å². The summed E-state index contributed by atoms with van der Waals surface area (Å²) in [6.07, 6.45) is 0.922. The third-order valence-electron chi connectivity index (χ3n) is 4.85. The molecule has 6 nitrogen and oxygen atoms in total. The van der Waals surface area contributed by atoms with E-state index in [1.54, 1.807) is 7.11 Å². The molecular formula is C22H26BrN3O3S. The van der Waals surface area contributed by atoms with Crippen LogP contribution in [-0.2, 0) is 9.59 Å². The van der Waals surface area contributed by atoms with Crippen molar-refractivity contribution in [1.29, 1.82) is 0 Å². The number of carbonyl (C=O) groups excluding carboxylic acids is 2. The average Bonchev–Trinajstić information content (AvgIpc) is 3.00. The first kappa shape index (κ1) is 22.5. The smallest absolute Gasteiger partial charge is 0.234 e. The van der Waals surface area contributed by atoms with Gasteiger partial charge >= 0.3 is 0 Å². The van der Waals surface area contributed by atoms with Gasteiger partial charge in [0.05, 0.1) is 18.6 Å². The minimum absolute atomic E-state index is 0.0897. The van der Waals surface area contributed by atoms with Crippen LogP contribution in [0.2, 0.25) is 0 Å². The van der Waals surface area contributed by atoms with Crippen LogP contribution in [0.1, 0.15) is 6.42 Å². The zero-order chi connectivity index (χ0) is 21.3. The third kappa shape index (κ3) is 6.67. The molecule has 0 spiro atoms. The van der Waals surface area contributed by atoms with Crippen molar-refractivity contribution in [3.63, 3.8) is 0 Å². The molecule has 0 bridgehead atoms. The quantitative estimate of drug-likeness (QED) is 0.636. The van der Waals surface area contributed by atoms with Crippen molar-refractivity contribution < 1.29 is 14.3 Å². The lowest BCUT2D eigenvalue weighted by atomic mass is 10.2. The molecule has 1 fully saturated rings. The van der Waals surface area contributed by atoms with Crippen LogP contribution in [0.15, 0.2) is 53.0 Å². The van der Waals surface area contributed by atoms with Gasteiger partial charge in [-0.05, 0) is 48.9 Å². The molecule has 0 radical (unpaired) electrons. The summed E-state index contributed by atoms with van der Waals surface area (Å²) in [6.45, 7) is 3.15. The number of rotatable bonds is 7. The number of carbonyl (C=O) groups is 2. The minimum Gasteiger partial charge on any atom is -0.497 e. The number of hydrogen-bond acceptors (Lipinski definition) is 5. The zero-order valence-corrected chi connectivity index (χ0v) is 19.4. The van der Waals surface area contributed by atoms with Gasteiger partial charge in [-0.15, -0.1) is 11.8 Å². The van der Waals surface area contributed by atoms with Crippen molar-refractivity contribution >= 4 is 50.9 Å². The molecule has 0 atom stereocenters. The Kier molecular flexibility index (Phi) is 8.45. The summed E-state index contributed by atoms with van der Waals surface area (Å²) in [6, 6.07) is 15.5. The number of halogens is 1. The molecule has 0 aromatic heterocycles. The summed E-state index contributed by atoms with van der Waals surface area (Å²) in [5, 5.41) is 2.85. The highest BCUT2D eigenvalue weighted by Crippen LogP contribution is 2.21. The number of nitrogens with zero attached hydrogens (tertiary/aromatic N) is 2. The van der Waals surface area contributed by atoms with Gasteiger partial charge in [0.1, 0.15) is 5.75 Å². The topological polar surface area (TPSA) is 61.9 Å². The molecule has 0 saturated carbocycles. The number of amides is 2. The van der Waals surface area contributed by atoms with Gasteiger partial charge < -0.3 is 19.9 Å². The van der Waals surface area contributed by atoms with E-state index in [0.29, 0.717) is 12.3 Å². The molecule has 3 rings (SSSR count). The van der Waals surface area contributed by atoms with Crippen molar-refractivity contribution in [2.24, 2.45) is 0 Å². The van der Waals surface area contributed by atoms with E-state index < -0.39 is 0 Å². The van der Waals surface area contributed by atoms with Gasteiger partial charge in [-0.2, -0.15) is 0 Å². The fourth-order valence-corrected chi connectivity index (χ4v) is 4.42. The lowest BCUT2D eigenvalue weighted by molar-refractivity contribution is -0.128. The molecular weight excluding hydrogens is 466 g/mol. The first-order valence-electron chi connectivity index (χ1n) is 9.85. The standard InChI is InChI=1S/C22H26BrN3O3S/c1-29-20-8-6-19(7-9-20)25-10-3-11-26(13-12-25)22(28)16-30-15-21(27)24-18-5-2-4-17(23)14-18/h2,4-9,14H,3,10-13,15-16H2,1H3,(H,24,27). The number of anilines is 2. The molecule has 2 aromatic rings. The van der Waals surface area contributed by atoms with Gasteiger partial charge in [-0.25, -0.2) is 0 Å². The summed E-state index contributed by atoms with van der Waals surface area (Å²) >= 11 is 4.74. The van der Waals surface area contributed by atoms with Gasteiger partial charge in [-0.3, -0.25) is 9.59 Å². The Morgan fingerprint density at radius 2 is 1.87 bits per heavy atom. The number of nitrogens with one attached hydrogen (secondary N) is 1. The molecule has 2 aromatic carbocycles. The Bertz CT molecular complexity index is 863. The molecule has 30 heavy (non-hydrogen) atoms. The Hall–Kier alpha value is -2.19. The van der Waals surface area contributed by atoms with E-state index in [4.69, 9.17) is 4.74 Å². The number of thioether (sulfide) groups is 1. The van der Waals surface area contributed by atoms with E-state index in [9.17, 15) is 9.59 Å². The Morgan fingerprint density at radius 3 is 2.60 bits per heavy atom. The van der Waals surface area contributed by atoms with Crippen LogP contribution in [0.5, 0.6) is 5.75 Å². The summed E-state index contributed by atoms with van der Waals surface area (Å²) in [5.41, 5.74) is 1.89. The number of hydrogen-bond donors (Lipinski definition) is 1. The molecule has 1 N–H and O–H groups in total. The average molecular weight is 492 g/mol. The number of methoxy groups -OCH3 is 1. The normalized spacial score (nSPS) is 14.2. The molecule has 1 aliphatic rings. The predicted octanol–water partition coefficient (Wildman–Crippen LogP) is 3.87. The maximum absolute atomic E-state index is 12.6. The summed E-state index contributed by atoms with van der Waals surface area (Å²) in [5.74, 6) is 1.39. The highest BCUT2D eigenvalue weighted by molar-refractivity contribution is 9.10. The van der Waals surface area contributed by atoms with Gasteiger partial charge in [0, 0.05) is 42.0 Å². The predicted molar refractivity (Wildman–Crippen MR) is 127 cm³/mol. The van der Waals surface area contributed by atoms with Gasteiger partial charge in [-0.1, -0.05) is 22.0 Å². The second-order valence-corrected chi connectivity index (χ2v) is 8.87. The minimum atomic E-state index is -0.104. The monoisotopic (exact) mass is 491 g/mol. The highest BCUT2D eigenvalue weighted by Gasteiger charge is 2.19. The van der Waals surface area contributed by atoms with E-state index in [1.165, 1.54) is 11.8 Å². The summed E-state index contributed by atoms with van der Waals surface area (Å²) in [7, 11) is 1.66. The largest absolute Gasteiger partial charge is 0.497 e. The summed E-state index contributed by atoms with van der Waals surface area (Å²) < 4.78 is 6.13. The van der Waals surface area contributed by atoms with E-state index in [0.717, 1.165) is 47.7 Å².